The average molecular weight is 268 g/mol. The predicted molar refractivity (Wildman–Crippen MR) is 86.2 cm³/mol. The highest BCUT2D eigenvalue weighted by Crippen LogP contribution is 2.29. The second-order valence-electron chi connectivity index (χ2n) is 7.56. The summed E-state index contributed by atoms with van der Waals surface area (Å²) in [6, 6.07) is 0.446. The summed E-state index contributed by atoms with van der Waals surface area (Å²) in [5.74, 6) is 3.48. The summed E-state index contributed by atoms with van der Waals surface area (Å²) in [5, 5.41) is 0. The molecule has 2 atom stereocenters. The third-order valence-corrected chi connectivity index (χ3v) is 5.35. The smallest absolute Gasteiger partial charge is 0.00390 e. The van der Waals surface area contributed by atoms with E-state index in [2.05, 4.69) is 27.7 Å². The minimum atomic E-state index is 0.446. The van der Waals surface area contributed by atoms with Crippen LogP contribution in [-0.2, 0) is 0 Å². The van der Waals surface area contributed by atoms with Gasteiger partial charge in [0.2, 0.25) is 0 Å². The van der Waals surface area contributed by atoms with Crippen molar-refractivity contribution in [3.8, 4) is 0 Å². The number of rotatable bonds is 2. The first-order chi connectivity index (χ1) is 9.00. The standard InChI is InChI=1S/C18H37N/c1-14(2)16-8-6-5-7-9-17(15(3)4)11-13-18(19)12-10-16/h14-18H,5-13,19H2,1-4H3. The van der Waals surface area contributed by atoms with Gasteiger partial charge in [-0.1, -0.05) is 59.8 Å². The molecule has 0 radical (unpaired) electrons. The van der Waals surface area contributed by atoms with Crippen LogP contribution < -0.4 is 5.73 Å². The summed E-state index contributed by atoms with van der Waals surface area (Å²) in [4.78, 5) is 0. The summed E-state index contributed by atoms with van der Waals surface area (Å²) in [6.45, 7) is 9.54. The molecule has 0 spiro atoms. The Balaban J connectivity index is 2.49. The zero-order valence-electron chi connectivity index (χ0n) is 13.8. The maximum atomic E-state index is 6.34. The third kappa shape index (κ3) is 6.79. The van der Waals surface area contributed by atoms with Gasteiger partial charge in [-0.2, -0.15) is 0 Å². The van der Waals surface area contributed by atoms with Crippen molar-refractivity contribution in [2.24, 2.45) is 29.4 Å². The van der Waals surface area contributed by atoms with Crippen LogP contribution in [0.4, 0.5) is 0 Å². The summed E-state index contributed by atoms with van der Waals surface area (Å²) in [7, 11) is 0. The van der Waals surface area contributed by atoms with Crippen LogP contribution in [0.15, 0.2) is 0 Å². The maximum absolute atomic E-state index is 6.34. The molecule has 114 valence electrons. The van der Waals surface area contributed by atoms with Gasteiger partial charge in [0.1, 0.15) is 0 Å². The van der Waals surface area contributed by atoms with Crippen molar-refractivity contribution in [2.45, 2.75) is 91.5 Å². The molecule has 1 aliphatic rings. The van der Waals surface area contributed by atoms with Crippen LogP contribution in [0.1, 0.15) is 85.5 Å². The Morgan fingerprint density at radius 1 is 0.632 bits per heavy atom. The summed E-state index contributed by atoms with van der Waals surface area (Å²) >= 11 is 0. The molecule has 0 aliphatic heterocycles. The first-order valence-electron chi connectivity index (χ1n) is 8.76. The van der Waals surface area contributed by atoms with Crippen molar-refractivity contribution in [3.05, 3.63) is 0 Å². The third-order valence-electron chi connectivity index (χ3n) is 5.35. The lowest BCUT2D eigenvalue weighted by Gasteiger charge is -2.26. The van der Waals surface area contributed by atoms with E-state index in [4.69, 9.17) is 5.73 Å². The molecule has 1 rings (SSSR count). The van der Waals surface area contributed by atoms with Crippen molar-refractivity contribution >= 4 is 0 Å². The minimum Gasteiger partial charge on any atom is -0.328 e. The molecular weight excluding hydrogens is 230 g/mol. The first kappa shape index (κ1) is 17.0. The van der Waals surface area contributed by atoms with Crippen LogP contribution in [0, 0.1) is 23.7 Å². The van der Waals surface area contributed by atoms with E-state index in [1.165, 1.54) is 57.8 Å². The highest BCUT2D eigenvalue weighted by molar-refractivity contribution is 4.73. The molecule has 1 heteroatoms. The van der Waals surface area contributed by atoms with E-state index < -0.39 is 0 Å². The summed E-state index contributed by atoms with van der Waals surface area (Å²) in [6.07, 6.45) is 12.4. The highest BCUT2D eigenvalue weighted by atomic mass is 14.6. The van der Waals surface area contributed by atoms with Crippen LogP contribution in [0.3, 0.4) is 0 Å². The van der Waals surface area contributed by atoms with Crippen LogP contribution in [0.2, 0.25) is 0 Å². The molecule has 2 N–H and O–H groups in total. The average Bonchev–Trinajstić information content (AvgIpc) is 2.33. The Morgan fingerprint density at radius 3 is 1.42 bits per heavy atom. The van der Waals surface area contributed by atoms with Crippen LogP contribution >= 0.6 is 0 Å². The molecule has 0 bridgehead atoms. The molecular formula is C18H37N. The first-order valence-corrected chi connectivity index (χ1v) is 8.76. The zero-order valence-corrected chi connectivity index (χ0v) is 13.8. The second kappa shape index (κ2) is 9.00. The minimum absolute atomic E-state index is 0.446. The Bertz CT molecular complexity index is 200. The van der Waals surface area contributed by atoms with Crippen molar-refractivity contribution in [2.75, 3.05) is 0 Å². The van der Waals surface area contributed by atoms with Gasteiger partial charge in [-0.05, 0) is 49.4 Å². The van der Waals surface area contributed by atoms with E-state index in [0.29, 0.717) is 6.04 Å². The zero-order chi connectivity index (χ0) is 14.3. The molecule has 1 nitrogen and oxygen atoms in total. The number of hydrogen-bond donors (Lipinski definition) is 1. The normalized spacial score (nSPS) is 32.1. The Kier molecular flexibility index (Phi) is 8.06. The van der Waals surface area contributed by atoms with E-state index >= 15 is 0 Å². The largest absolute Gasteiger partial charge is 0.328 e. The van der Waals surface area contributed by atoms with Crippen LogP contribution in [-0.4, -0.2) is 6.04 Å². The van der Waals surface area contributed by atoms with Gasteiger partial charge in [0.05, 0.1) is 0 Å². The quantitative estimate of drug-likeness (QED) is 0.714. The van der Waals surface area contributed by atoms with Crippen molar-refractivity contribution in [1.82, 2.24) is 0 Å². The van der Waals surface area contributed by atoms with Gasteiger partial charge in [0.15, 0.2) is 0 Å². The van der Waals surface area contributed by atoms with Gasteiger partial charge < -0.3 is 5.73 Å². The molecule has 1 fully saturated rings. The molecule has 0 aromatic carbocycles. The Hall–Kier alpha value is -0.0400. The van der Waals surface area contributed by atoms with Crippen molar-refractivity contribution in [1.29, 1.82) is 0 Å². The lowest BCUT2D eigenvalue weighted by atomic mass is 9.81. The molecule has 0 saturated heterocycles. The fourth-order valence-corrected chi connectivity index (χ4v) is 3.61. The molecule has 0 aromatic heterocycles. The van der Waals surface area contributed by atoms with Gasteiger partial charge in [-0.3, -0.25) is 0 Å². The molecule has 0 amide bonds. The number of nitrogens with two attached hydrogens (primary N) is 1. The van der Waals surface area contributed by atoms with E-state index in [9.17, 15) is 0 Å². The SMILES string of the molecule is CC(C)C1CCCCCC(C(C)C)CCC(N)CC1. The fourth-order valence-electron chi connectivity index (χ4n) is 3.61. The maximum Gasteiger partial charge on any atom is 0.00390 e. The lowest BCUT2D eigenvalue weighted by Crippen LogP contribution is -2.24. The van der Waals surface area contributed by atoms with Gasteiger partial charge in [0.25, 0.3) is 0 Å². The molecule has 19 heavy (non-hydrogen) atoms. The molecule has 1 saturated carbocycles. The van der Waals surface area contributed by atoms with E-state index in [1.807, 2.05) is 0 Å². The monoisotopic (exact) mass is 267 g/mol. The number of hydrogen-bond acceptors (Lipinski definition) is 1. The highest BCUT2D eigenvalue weighted by Gasteiger charge is 2.19. The molecule has 2 unspecified atom stereocenters. The molecule has 0 aromatic rings. The van der Waals surface area contributed by atoms with Crippen molar-refractivity contribution in [3.63, 3.8) is 0 Å². The van der Waals surface area contributed by atoms with Crippen LogP contribution in [0.5, 0.6) is 0 Å². The van der Waals surface area contributed by atoms with E-state index in [0.717, 1.165) is 23.7 Å². The lowest BCUT2D eigenvalue weighted by molar-refractivity contribution is 0.269. The Labute approximate surface area is 121 Å². The topological polar surface area (TPSA) is 26.0 Å². The van der Waals surface area contributed by atoms with Gasteiger partial charge in [-0.15, -0.1) is 0 Å². The second-order valence-corrected chi connectivity index (χ2v) is 7.56. The van der Waals surface area contributed by atoms with E-state index in [1.54, 1.807) is 0 Å². The fraction of sp³-hybridized carbons (Fsp3) is 1.00. The summed E-state index contributed by atoms with van der Waals surface area (Å²) < 4.78 is 0. The van der Waals surface area contributed by atoms with Gasteiger partial charge >= 0.3 is 0 Å². The predicted octanol–water partition coefficient (Wildman–Crippen LogP) is 5.38. The van der Waals surface area contributed by atoms with Gasteiger partial charge in [0, 0.05) is 6.04 Å². The van der Waals surface area contributed by atoms with Crippen LogP contribution in [0.25, 0.3) is 0 Å². The Morgan fingerprint density at radius 2 is 1.05 bits per heavy atom. The molecule has 0 heterocycles. The molecule has 1 aliphatic carbocycles. The van der Waals surface area contributed by atoms with Gasteiger partial charge in [-0.25, -0.2) is 0 Å². The van der Waals surface area contributed by atoms with Crippen molar-refractivity contribution < 1.29 is 0 Å². The summed E-state index contributed by atoms with van der Waals surface area (Å²) in [5.41, 5.74) is 6.34. The van der Waals surface area contributed by atoms with E-state index in [-0.39, 0.29) is 0 Å².